The van der Waals surface area contributed by atoms with Crippen LogP contribution in [0, 0.1) is 58.2 Å². The molecular formula is C33H54O5. The highest BCUT2D eigenvalue weighted by Gasteiger charge is 2.71. The molecule has 0 radical (unpaired) electrons. The molecule has 4 aliphatic carbocycles. The van der Waals surface area contributed by atoms with E-state index in [1.807, 2.05) is 0 Å². The highest BCUT2D eigenvalue weighted by molar-refractivity contribution is 5.78. The Hall–Kier alpha value is -1.10. The molecule has 11 atom stereocenters. The van der Waals surface area contributed by atoms with Crippen LogP contribution in [0.3, 0.4) is 0 Å². The zero-order chi connectivity index (χ0) is 27.5. The molecule has 1 aliphatic heterocycles. The number of carbonyl (C=O) groups excluding carboxylic acids is 2. The molecule has 5 aliphatic rings. The van der Waals surface area contributed by atoms with Gasteiger partial charge in [0.2, 0.25) is 0 Å². The Bertz CT molecular complexity index is 900. The van der Waals surface area contributed by atoms with Crippen molar-refractivity contribution >= 4 is 11.9 Å². The largest absolute Gasteiger partial charge is 0.455 e. The van der Waals surface area contributed by atoms with E-state index in [0.29, 0.717) is 29.6 Å². The van der Waals surface area contributed by atoms with Gasteiger partial charge in [-0.15, -0.1) is 0 Å². The second kappa shape index (κ2) is 10.4. The van der Waals surface area contributed by atoms with Crippen LogP contribution in [-0.2, 0) is 19.1 Å². The van der Waals surface area contributed by atoms with Gasteiger partial charge in [-0.25, -0.2) is 0 Å². The van der Waals surface area contributed by atoms with Gasteiger partial charge in [-0.05, 0) is 111 Å². The van der Waals surface area contributed by atoms with Crippen molar-refractivity contribution in [2.75, 3.05) is 0 Å². The van der Waals surface area contributed by atoms with Gasteiger partial charge >= 0.3 is 11.9 Å². The van der Waals surface area contributed by atoms with Crippen molar-refractivity contribution in [3.05, 3.63) is 0 Å². The van der Waals surface area contributed by atoms with Crippen LogP contribution in [0.25, 0.3) is 0 Å². The van der Waals surface area contributed by atoms with Crippen LogP contribution < -0.4 is 0 Å². The van der Waals surface area contributed by atoms with E-state index in [1.54, 1.807) is 0 Å². The van der Waals surface area contributed by atoms with Gasteiger partial charge in [0, 0.05) is 5.41 Å². The summed E-state index contributed by atoms with van der Waals surface area (Å²) in [6, 6.07) is 0. The fourth-order valence-electron chi connectivity index (χ4n) is 11.0. The van der Waals surface area contributed by atoms with Crippen molar-refractivity contribution in [2.24, 2.45) is 58.2 Å². The third kappa shape index (κ3) is 4.36. The molecule has 0 amide bonds. The summed E-state index contributed by atoms with van der Waals surface area (Å²) in [5.74, 6) is 2.32. The maximum Gasteiger partial charge on any atom is 0.309 e. The van der Waals surface area contributed by atoms with E-state index in [1.165, 1.54) is 44.9 Å². The highest BCUT2D eigenvalue weighted by atomic mass is 16.7. The van der Waals surface area contributed by atoms with Crippen molar-refractivity contribution in [1.29, 1.82) is 0 Å². The van der Waals surface area contributed by atoms with Gasteiger partial charge in [0.05, 0.1) is 12.8 Å². The fourth-order valence-corrected chi connectivity index (χ4v) is 11.0. The van der Waals surface area contributed by atoms with E-state index in [0.717, 1.165) is 42.9 Å². The van der Waals surface area contributed by atoms with Crippen molar-refractivity contribution in [3.63, 3.8) is 0 Å². The van der Waals surface area contributed by atoms with E-state index in [4.69, 9.17) is 9.47 Å². The van der Waals surface area contributed by atoms with Crippen LogP contribution >= 0.6 is 0 Å². The maximum absolute atomic E-state index is 12.8. The van der Waals surface area contributed by atoms with Crippen LogP contribution in [0.15, 0.2) is 0 Å². The van der Waals surface area contributed by atoms with Crippen LogP contribution in [0.2, 0.25) is 0 Å². The lowest BCUT2D eigenvalue weighted by atomic mass is 9.42. The SMILES string of the molecule is CC[C@H](CC[C@@H](C)[C@H]1CC[C@H]2[C@H]3CCC4CCC5OC(=O)CCC(=O)OC5(O)[C@]4(C)[C@H]3CC[C@]12C)C(C)C. The van der Waals surface area contributed by atoms with E-state index < -0.39 is 23.3 Å². The number of aliphatic hydroxyl groups is 1. The minimum Gasteiger partial charge on any atom is -0.455 e. The zero-order valence-electron chi connectivity index (χ0n) is 25.0. The zero-order valence-corrected chi connectivity index (χ0v) is 25.0. The number of esters is 2. The van der Waals surface area contributed by atoms with Gasteiger partial charge in [-0.2, -0.15) is 0 Å². The molecule has 216 valence electrons. The monoisotopic (exact) mass is 530 g/mol. The first-order valence-corrected chi connectivity index (χ1v) is 16.1. The molecule has 0 spiro atoms. The third-order valence-corrected chi connectivity index (χ3v) is 13.2. The van der Waals surface area contributed by atoms with Gasteiger partial charge in [0.1, 0.15) is 0 Å². The molecule has 5 nitrogen and oxygen atoms in total. The van der Waals surface area contributed by atoms with E-state index in [9.17, 15) is 14.7 Å². The molecule has 5 heteroatoms. The number of carbonyl (C=O) groups is 2. The number of rotatable bonds is 6. The summed E-state index contributed by atoms with van der Waals surface area (Å²) in [5.41, 5.74) is -0.229. The average molecular weight is 531 g/mol. The molecule has 3 unspecified atom stereocenters. The van der Waals surface area contributed by atoms with E-state index >= 15 is 0 Å². The molecule has 1 saturated heterocycles. The summed E-state index contributed by atoms with van der Waals surface area (Å²) in [5, 5.41) is 12.3. The van der Waals surface area contributed by atoms with Crippen LogP contribution in [0.5, 0.6) is 0 Å². The van der Waals surface area contributed by atoms with Gasteiger partial charge in [0.15, 0.2) is 6.10 Å². The highest BCUT2D eigenvalue weighted by Crippen LogP contribution is 2.70. The second-order valence-corrected chi connectivity index (χ2v) is 14.9. The summed E-state index contributed by atoms with van der Waals surface area (Å²) in [4.78, 5) is 25.2. The van der Waals surface area contributed by atoms with Gasteiger partial charge in [0.25, 0.3) is 5.79 Å². The summed E-state index contributed by atoms with van der Waals surface area (Å²) in [6.45, 7) is 14.4. The molecule has 38 heavy (non-hydrogen) atoms. The molecule has 0 aromatic heterocycles. The molecule has 0 aromatic rings. The lowest BCUT2D eigenvalue weighted by molar-refractivity contribution is -0.355. The van der Waals surface area contributed by atoms with Crippen molar-refractivity contribution in [1.82, 2.24) is 0 Å². The maximum atomic E-state index is 12.8. The minimum absolute atomic E-state index is 0.0152. The number of hydrogen-bond acceptors (Lipinski definition) is 5. The van der Waals surface area contributed by atoms with E-state index in [2.05, 4.69) is 41.5 Å². The third-order valence-electron chi connectivity index (χ3n) is 13.2. The van der Waals surface area contributed by atoms with Crippen molar-refractivity contribution in [3.8, 4) is 0 Å². The Morgan fingerprint density at radius 1 is 0.895 bits per heavy atom. The minimum atomic E-state index is -1.72. The Kier molecular flexibility index (Phi) is 7.77. The number of hydrogen-bond donors (Lipinski definition) is 1. The molecule has 1 N–H and O–H groups in total. The lowest BCUT2D eigenvalue weighted by Crippen LogP contribution is -2.70. The quantitative estimate of drug-likeness (QED) is 0.365. The molecular weight excluding hydrogens is 476 g/mol. The number of fused-ring (bicyclic) bond motifs is 7. The van der Waals surface area contributed by atoms with Gasteiger partial charge in [-0.3, -0.25) is 9.59 Å². The smallest absolute Gasteiger partial charge is 0.309 e. The normalized spacial score (nSPS) is 46.4. The molecule has 1 heterocycles. The molecule has 5 fully saturated rings. The summed E-state index contributed by atoms with van der Waals surface area (Å²) in [7, 11) is 0. The van der Waals surface area contributed by atoms with Crippen molar-refractivity contribution < 1.29 is 24.2 Å². The average Bonchev–Trinajstić information content (AvgIpc) is 3.22. The van der Waals surface area contributed by atoms with Crippen molar-refractivity contribution in [2.45, 2.75) is 137 Å². The molecule has 5 rings (SSSR count). The van der Waals surface area contributed by atoms with E-state index in [-0.39, 0.29) is 24.7 Å². The standard InChI is InChI=1S/C33H54O5/c1-7-22(20(2)3)9-8-21(4)25-13-14-26-24-12-10-23-11-15-28-33(36,38-30(35)17-16-29(34)37-28)32(23,6)27(24)18-19-31(25,26)5/h20-28,36H,7-19H2,1-6H3/t21-,22-,23?,24-,25-,26+,27+,28?,31-,32+,33?/m1/s1. The Labute approximate surface area is 231 Å². The van der Waals surface area contributed by atoms with Crippen LogP contribution in [-0.4, -0.2) is 28.9 Å². The first kappa shape index (κ1) is 28.4. The van der Waals surface area contributed by atoms with Crippen LogP contribution in [0.4, 0.5) is 0 Å². The molecule has 4 saturated carbocycles. The first-order chi connectivity index (χ1) is 18.0. The predicted octanol–water partition coefficient (Wildman–Crippen LogP) is 7.29. The predicted molar refractivity (Wildman–Crippen MR) is 148 cm³/mol. The Morgan fingerprint density at radius 3 is 2.32 bits per heavy atom. The lowest BCUT2D eigenvalue weighted by Gasteiger charge is -2.65. The fraction of sp³-hybridized carbons (Fsp3) is 0.939. The molecule has 0 bridgehead atoms. The second-order valence-electron chi connectivity index (χ2n) is 14.9. The first-order valence-electron chi connectivity index (χ1n) is 16.1. The summed E-state index contributed by atoms with van der Waals surface area (Å²) >= 11 is 0. The van der Waals surface area contributed by atoms with Gasteiger partial charge in [-0.1, -0.05) is 54.4 Å². The van der Waals surface area contributed by atoms with Gasteiger partial charge < -0.3 is 14.6 Å². The molecule has 0 aromatic carbocycles. The topological polar surface area (TPSA) is 72.8 Å². The summed E-state index contributed by atoms with van der Waals surface area (Å²) in [6.07, 6.45) is 11.9. The number of ether oxygens (including phenoxy) is 2. The summed E-state index contributed by atoms with van der Waals surface area (Å²) < 4.78 is 11.8. The Balaban J connectivity index is 1.39. The Morgan fingerprint density at radius 2 is 1.61 bits per heavy atom. The van der Waals surface area contributed by atoms with Crippen LogP contribution in [0.1, 0.15) is 125 Å².